The zero-order valence-corrected chi connectivity index (χ0v) is 30.7. The van der Waals surface area contributed by atoms with Crippen molar-refractivity contribution in [3.8, 4) is 34.1 Å². The first-order valence-electron chi connectivity index (χ1n) is 18.1. The van der Waals surface area contributed by atoms with E-state index in [2.05, 4.69) is 14.9 Å². The summed E-state index contributed by atoms with van der Waals surface area (Å²) in [6, 6.07) is 13.9. The highest BCUT2D eigenvalue weighted by molar-refractivity contribution is 5.95. The summed E-state index contributed by atoms with van der Waals surface area (Å²) in [5.41, 5.74) is 2.24. The van der Waals surface area contributed by atoms with Gasteiger partial charge >= 0.3 is 5.69 Å². The van der Waals surface area contributed by atoms with Gasteiger partial charge in [-0.15, -0.1) is 0 Å². The van der Waals surface area contributed by atoms with E-state index in [1.807, 2.05) is 29.3 Å². The predicted molar refractivity (Wildman–Crippen MR) is 203 cm³/mol. The number of rotatable bonds is 11. The summed E-state index contributed by atoms with van der Waals surface area (Å²) in [4.78, 5) is 59.7. The van der Waals surface area contributed by atoms with Crippen molar-refractivity contribution in [2.45, 2.75) is 44.4 Å². The summed E-state index contributed by atoms with van der Waals surface area (Å²) >= 11 is 0. The minimum Gasteiger partial charge on any atom is -0.496 e. The number of aromatic nitrogens is 4. The fourth-order valence-corrected chi connectivity index (χ4v) is 7.34. The third-order valence-electron chi connectivity index (χ3n) is 10.3. The number of H-pyrrole nitrogens is 1. The first-order chi connectivity index (χ1) is 26.2. The summed E-state index contributed by atoms with van der Waals surface area (Å²) in [7, 11) is 5.07. The Morgan fingerprint density at radius 2 is 1.54 bits per heavy atom. The van der Waals surface area contributed by atoms with E-state index < -0.39 is 11.2 Å². The maximum Gasteiger partial charge on any atom is 0.332 e. The minimum atomic E-state index is -0.530. The Morgan fingerprint density at radius 1 is 0.870 bits per heavy atom. The number of fused-ring (bicyclic) bond motifs is 1. The zero-order chi connectivity index (χ0) is 37.8. The number of hydrogen-bond donors (Lipinski definition) is 1. The summed E-state index contributed by atoms with van der Waals surface area (Å²) in [6.07, 6.45) is 10.2. The van der Waals surface area contributed by atoms with Crippen molar-refractivity contribution in [3.63, 3.8) is 0 Å². The zero-order valence-electron chi connectivity index (χ0n) is 30.7. The van der Waals surface area contributed by atoms with Gasteiger partial charge in [0.15, 0.2) is 6.61 Å². The Bertz CT molecular complexity index is 2280. The molecule has 1 amide bonds. The van der Waals surface area contributed by atoms with Gasteiger partial charge in [-0.25, -0.2) is 4.79 Å². The molecule has 7 rings (SSSR count). The average molecular weight is 737 g/mol. The van der Waals surface area contributed by atoms with E-state index in [4.69, 9.17) is 18.9 Å². The highest BCUT2D eigenvalue weighted by atomic mass is 16.5. The molecule has 2 aliphatic heterocycles. The van der Waals surface area contributed by atoms with Crippen LogP contribution in [0.4, 0.5) is 0 Å². The average Bonchev–Trinajstić information content (AvgIpc) is 3.19. The van der Waals surface area contributed by atoms with Gasteiger partial charge < -0.3 is 28.4 Å². The number of aryl methyl sites for hydroxylation is 1. The van der Waals surface area contributed by atoms with Crippen molar-refractivity contribution in [1.29, 1.82) is 0 Å². The second-order valence-electron chi connectivity index (χ2n) is 13.7. The fourth-order valence-electron chi connectivity index (χ4n) is 7.34. The molecule has 1 N–H and O–H groups in total. The van der Waals surface area contributed by atoms with Crippen LogP contribution in [-0.4, -0.2) is 94.0 Å². The molecule has 0 unspecified atom stereocenters. The molecular weight excluding hydrogens is 692 g/mol. The summed E-state index contributed by atoms with van der Waals surface area (Å²) in [6.45, 7) is 3.55. The monoisotopic (exact) mass is 736 g/mol. The van der Waals surface area contributed by atoms with Gasteiger partial charge in [-0.2, -0.15) is 0 Å². The number of carbonyl (C=O) groups is 1. The second-order valence-corrected chi connectivity index (χ2v) is 13.7. The van der Waals surface area contributed by atoms with Crippen molar-refractivity contribution < 1.29 is 23.7 Å². The van der Waals surface area contributed by atoms with Crippen molar-refractivity contribution >= 4 is 16.7 Å². The highest BCUT2D eigenvalue weighted by Gasteiger charge is 2.29. The highest BCUT2D eigenvalue weighted by Crippen LogP contribution is 2.38. The number of benzene rings is 2. The number of pyridine rings is 2. The van der Waals surface area contributed by atoms with Gasteiger partial charge in [-0.05, 0) is 79.1 Å². The van der Waals surface area contributed by atoms with E-state index in [-0.39, 0.29) is 30.3 Å². The molecule has 2 saturated heterocycles. The van der Waals surface area contributed by atoms with Crippen LogP contribution in [0.2, 0.25) is 0 Å². The number of methoxy groups -OCH3 is 2. The Labute approximate surface area is 311 Å². The molecule has 54 heavy (non-hydrogen) atoms. The molecule has 5 aromatic rings. The van der Waals surface area contributed by atoms with E-state index in [0.717, 1.165) is 72.3 Å². The van der Waals surface area contributed by atoms with Crippen molar-refractivity contribution in [2.24, 2.45) is 7.05 Å². The summed E-state index contributed by atoms with van der Waals surface area (Å²) in [5, 5.41) is 1.38. The standard InChI is InChI=1S/C40H44N6O8/c1-43-23-33(31-8-14-41-22-32(31)39(43)49)26-20-35(51-2)34(36(21-26)52-3)24-44-15-9-29(10-16-44)54-30-11-17-45(18-12-30)38(48)25-53-28-6-4-27(5-7-28)46-19-13-37(47)42-40(46)50/h4-8,13-14,19-23,29-30H,9-12,15-18,24-25H2,1-3H3,(H,42,47,50). The number of aromatic amines is 1. The second kappa shape index (κ2) is 16.1. The lowest BCUT2D eigenvalue weighted by atomic mass is 9.98. The normalized spacial score (nSPS) is 15.7. The van der Waals surface area contributed by atoms with E-state index in [0.29, 0.717) is 36.5 Å². The van der Waals surface area contributed by atoms with Gasteiger partial charge in [0.25, 0.3) is 17.0 Å². The van der Waals surface area contributed by atoms with Crippen molar-refractivity contribution in [3.05, 3.63) is 110 Å². The number of carbonyl (C=O) groups excluding carboxylic acids is 1. The van der Waals surface area contributed by atoms with Crippen molar-refractivity contribution in [1.82, 2.24) is 28.9 Å². The molecule has 5 heterocycles. The molecule has 0 bridgehead atoms. The minimum absolute atomic E-state index is 0.0812. The number of nitrogens with zero attached hydrogens (tertiary/aromatic N) is 5. The van der Waals surface area contributed by atoms with Crippen LogP contribution >= 0.6 is 0 Å². The van der Waals surface area contributed by atoms with Crippen LogP contribution in [0.1, 0.15) is 31.2 Å². The molecular formula is C40H44N6O8. The molecule has 2 fully saturated rings. The first kappa shape index (κ1) is 36.6. The Hall–Kier alpha value is -5.73. The van der Waals surface area contributed by atoms with Gasteiger partial charge in [-0.3, -0.25) is 33.8 Å². The summed E-state index contributed by atoms with van der Waals surface area (Å²) in [5.74, 6) is 1.88. The molecule has 14 heteroatoms. The van der Waals surface area contributed by atoms with Gasteiger partial charge in [0.2, 0.25) is 0 Å². The molecule has 0 radical (unpaired) electrons. The van der Waals surface area contributed by atoms with E-state index >= 15 is 0 Å². The van der Waals surface area contributed by atoms with Crippen LogP contribution in [-0.2, 0) is 23.1 Å². The molecule has 2 aliphatic rings. The largest absolute Gasteiger partial charge is 0.496 e. The molecule has 0 spiro atoms. The third kappa shape index (κ3) is 7.94. The molecule has 0 aliphatic carbocycles. The molecule has 0 atom stereocenters. The lowest BCUT2D eigenvalue weighted by Gasteiger charge is -2.37. The predicted octanol–water partition coefficient (Wildman–Crippen LogP) is 3.51. The number of hydrogen-bond acceptors (Lipinski definition) is 10. The molecule has 0 saturated carbocycles. The van der Waals surface area contributed by atoms with Crippen LogP contribution in [0.25, 0.3) is 27.6 Å². The van der Waals surface area contributed by atoms with E-state index in [1.54, 1.807) is 62.5 Å². The maximum atomic E-state index is 12.9. The first-order valence-corrected chi connectivity index (χ1v) is 18.1. The van der Waals surface area contributed by atoms with Gasteiger partial charge in [0.05, 0.1) is 43.1 Å². The number of nitrogens with one attached hydrogen (secondary N) is 1. The van der Waals surface area contributed by atoms with E-state index in [9.17, 15) is 19.2 Å². The number of amides is 1. The maximum absolute atomic E-state index is 12.9. The summed E-state index contributed by atoms with van der Waals surface area (Å²) < 4.78 is 27.0. The van der Waals surface area contributed by atoms with Crippen LogP contribution < -0.4 is 31.0 Å². The van der Waals surface area contributed by atoms with Gasteiger partial charge in [0, 0.05) is 76.2 Å². The third-order valence-corrected chi connectivity index (χ3v) is 10.3. The van der Waals surface area contributed by atoms with E-state index in [1.165, 1.54) is 16.8 Å². The topological polar surface area (TPSA) is 150 Å². The number of likely N-dealkylation sites (tertiary alicyclic amines) is 2. The molecule has 2 aromatic carbocycles. The Balaban J connectivity index is 0.886. The van der Waals surface area contributed by atoms with Crippen LogP contribution in [0.15, 0.2) is 87.7 Å². The molecule has 3 aromatic heterocycles. The SMILES string of the molecule is COc1cc(-c2cn(C)c(=O)c3cnccc23)cc(OC)c1CN1CCC(OC2CCN(C(=O)COc3ccc(-n4ccc(=O)[nH]c4=O)cc3)CC2)CC1. The smallest absolute Gasteiger partial charge is 0.332 e. The quantitative estimate of drug-likeness (QED) is 0.214. The lowest BCUT2D eigenvalue weighted by molar-refractivity contribution is -0.137. The number of ether oxygens (including phenoxy) is 4. The Kier molecular flexibility index (Phi) is 10.9. The van der Waals surface area contributed by atoms with Gasteiger partial charge in [0.1, 0.15) is 17.2 Å². The van der Waals surface area contributed by atoms with Crippen LogP contribution in [0, 0.1) is 0 Å². The lowest BCUT2D eigenvalue weighted by Crippen LogP contribution is -2.45. The van der Waals surface area contributed by atoms with Crippen LogP contribution in [0.3, 0.4) is 0 Å². The Morgan fingerprint density at radius 3 is 2.19 bits per heavy atom. The molecule has 282 valence electrons. The molecule has 14 nitrogen and oxygen atoms in total. The van der Waals surface area contributed by atoms with Crippen LogP contribution in [0.5, 0.6) is 17.2 Å². The van der Waals surface area contributed by atoms with Crippen molar-refractivity contribution in [2.75, 3.05) is 47.0 Å². The van der Waals surface area contributed by atoms with Gasteiger partial charge in [-0.1, -0.05) is 0 Å². The number of piperidine rings is 2. The fraction of sp³-hybridized carbons (Fsp3) is 0.375.